The molecule has 2 heterocycles. The van der Waals surface area contributed by atoms with Gasteiger partial charge >= 0.3 is 0 Å². The highest BCUT2D eigenvalue weighted by Crippen LogP contribution is 2.27. The van der Waals surface area contributed by atoms with E-state index in [2.05, 4.69) is 40.2 Å². The van der Waals surface area contributed by atoms with Crippen molar-refractivity contribution in [1.29, 1.82) is 0 Å². The van der Waals surface area contributed by atoms with Crippen LogP contribution in [0.4, 0.5) is 5.82 Å². The van der Waals surface area contributed by atoms with E-state index in [9.17, 15) is 4.79 Å². The van der Waals surface area contributed by atoms with Crippen molar-refractivity contribution >= 4 is 49.6 Å². The van der Waals surface area contributed by atoms with Crippen LogP contribution in [0.15, 0.2) is 59.1 Å². The number of benzene rings is 2. The highest BCUT2D eigenvalue weighted by Gasteiger charge is 2.17. The van der Waals surface area contributed by atoms with Crippen LogP contribution in [0.2, 0.25) is 0 Å². The highest BCUT2D eigenvalue weighted by molar-refractivity contribution is 9.10. The van der Waals surface area contributed by atoms with E-state index >= 15 is 0 Å². The molecule has 4 aromatic rings. The van der Waals surface area contributed by atoms with Crippen LogP contribution in [0.1, 0.15) is 24.2 Å². The molecule has 5 nitrogen and oxygen atoms in total. The Morgan fingerprint density at radius 3 is 2.67 bits per heavy atom. The van der Waals surface area contributed by atoms with E-state index in [1.165, 1.54) is 0 Å². The smallest absolute Gasteiger partial charge is 0.258 e. The second kappa shape index (κ2) is 7.12. The fraction of sp³-hybridized carbons (Fsp3) is 0.190. The van der Waals surface area contributed by atoms with Crippen LogP contribution in [0.3, 0.4) is 0 Å². The van der Waals surface area contributed by atoms with Gasteiger partial charge in [0.05, 0.1) is 16.5 Å². The number of halogens is 1. The summed E-state index contributed by atoms with van der Waals surface area (Å²) in [5.74, 6) is 0.740. The summed E-state index contributed by atoms with van der Waals surface area (Å²) in [6.45, 7) is 4.99. The van der Waals surface area contributed by atoms with Crippen LogP contribution in [-0.2, 0) is 6.54 Å². The number of nitrogens with one attached hydrogen (secondary N) is 1. The van der Waals surface area contributed by atoms with Gasteiger partial charge in [-0.05, 0) is 46.1 Å². The molecule has 1 N–H and O–H groups in total. The molecule has 0 radical (unpaired) electrons. The minimum absolute atomic E-state index is 0.202. The maximum absolute atomic E-state index is 12.8. The van der Waals surface area contributed by atoms with E-state index < -0.39 is 0 Å². The van der Waals surface area contributed by atoms with Crippen LogP contribution in [0, 0.1) is 5.92 Å². The predicted molar refractivity (Wildman–Crippen MR) is 112 cm³/mol. The second-order valence-corrected chi connectivity index (χ2v) is 7.77. The first-order chi connectivity index (χ1) is 13.0. The quantitative estimate of drug-likeness (QED) is 0.488. The fourth-order valence-electron chi connectivity index (χ4n) is 3.08. The summed E-state index contributed by atoms with van der Waals surface area (Å²) >= 11 is 3.43. The van der Waals surface area contributed by atoms with Gasteiger partial charge in [-0.3, -0.25) is 4.79 Å². The lowest BCUT2D eigenvalue weighted by Gasteiger charge is -2.06. The monoisotopic (exact) mass is 422 g/mol. The molecular formula is C21H19BrN4O. The second-order valence-electron chi connectivity index (χ2n) is 6.91. The molecule has 0 aliphatic heterocycles. The molecule has 0 aliphatic rings. The standard InChI is InChI=1S/C21H19BrN4O/c1-13(2)12-26-20-16(11-14-7-3-6-10-18(14)23-20)19(25-26)24-21(27)15-8-4-5-9-17(15)22/h3-11,13H,12H2,1-2H3,(H,24,25,27). The van der Waals surface area contributed by atoms with E-state index in [1.54, 1.807) is 6.07 Å². The third kappa shape index (κ3) is 3.45. The van der Waals surface area contributed by atoms with E-state index in [4.69, 9.17) is 4.98 Å². The third-order valence-corrected chi connectivity index (χ3v) is 5.00. The van der Waals surface area contributed by atoms with Crippen molar-refractivity contribution in [1.82, 2.24) is 14.8 Å². The molecule has 0 atom stereocenters. The van der Waals surface area contributed by atoms with Gasteiger partial charge in [0.15, 0.2) is 11.5 Å². The van der Waals surface area contributed by atoms with Gasteiger partial charge in [0.2, 0.25) is 0 Å². The van der Waals surface area contributed by atoms with Gasteiger partial charge in [0, 0.05) is 16.4 Å². The molecule has 2 aromatic heterocycles. The predicted octanol–water partition coefficient (Wildman–Crippen LogP) is 5.26. The Hall–Kier alpha value is -2.73. The number of hydrogen-bond acceptors (Lipinski definition) is 3. The molecule has 0 unspecified atom stereocenters. The number of fused-ring (bicyclic) bond motifs is 2. The molecule has 27 heavy (non-hydrogen) atoms. The van der Waals surface area contributed by atoms with Gasteiger partial charge in [0.1, 0.15) is 0 Å². The highest BCUT2D eigenvalue weighted by atomic mass is 79.9. The van der Waals surface area contributed by atoms with E-state index in [1.807, 2.05) is 53.2 Å². The van der Waals surface area contributed by atoms with Crippen LogP contribution >= 0.6 is 15.9 Å². The van der Waals surface area contributed by atoms with Crippen molar-refractivity contribution in [3.8, 4) is 0 Å². The topological polar surface area (TPSA) is 59.8 Å². The minimum atomic E-state index is -0.202. The molecule has 136 valence electrons. The number of rotatable bonds is 4. The molecule has 0 fully saturated rings. The van der Waals surface area contributed by atoms with Crippen LogP contribution in [-0.4, -0.2) is 20.7 Å². The lowest BCUT2D eigenvalue weighted by molar-refractivity contribution is 0.102. The average molecular weight is 423 g/mol. The normalized spacial score (nSPS) is 11.4. The fourth-order valence-corrected chi connectivity index (χ4v) is 3.55. The lowest BCUT2D eigenvalue weighted by Crippen LogP contribution is -2.14. The minimum Gasteiger partial charge on any atom is -0.304 e. The summed E-state index contributed by atoms with van der Waals surface area (Å²) < 4.78 is 2.62. The zero-order valence-corrected chi connectivity index (χ0v) is 16.7. The summed E-state index contributed by atoms with van der Waals surface area (Å²) in [6, 6.07) is 17.3. The Labute approximate surface area is 165 Å². The Morgan fingerprint density at radius 1 is 1.15 bits per heavy atom. The maximum atomic E-state index is 12.8. The van der Waals surface area contributed by atoms with Gasteiger partial charge in [-0.2, -0.15) is 5.10 Å². The zero-order valence-electron chi connectivity index (χ0n) is 15.1. The van der Waals surface area contributed by atoms with E-state index in [-0.39, 0.29) is 5.91 Å². The van der Waals surface area contributed by atoms with Crippen LogP contribution in [0.25, 0.3) is 21.9 Å². The number of aromatic nitrogens is 3. The first-order valence-electron chi connectivity index (χ1n) is 8.85. The van der Waals surface area contributed by atoms with Crippen LogP contribution in [0.5, 0.6) is 0 Å². The lowest BCUT2D eigenvalue weighted by atomic mass is 10.1. The molecule has 0 saturated carbocycles. The van der Waals surface area contributed by atoms with Crippen molar-refractivity contribution in [2.75, 3.05) is 5.32 Å². The summed E-state index contributed by atoms with van der Waals surface area (Å²) in [7, 11) is 0. The number of pyridine rings is 1. The molecule has 1 amide bonds. The van der Waals surface area contributed by atoms with Crippen molar-refractivity contribution in [2.45, 2.75) is 20.4 Å². The Kier molecular flexibility index (Phi) is 4.66. The Bertz CT molecular complexity index is 1150. The largest absolute Gasteiger partial charge is 0.304 e. The number of amides is 1. The molecule has 6 heteroatoms. The molecule has 4 rings (SSSR count). The van der Waals surface area contributed by atoms with Gasteiger partial charge in [-0.1, -0.05) is 44.2 Å². The third-order valence-electron chi connectivity index (χ3n) is 4.31. The van der Waals surface area contributed by atoms with Crippen LogP contribution < -0.4 is 5.32 Å². The molecular weight excluding hydrogens is 404 g/mol. The summed E-state index contributed by atoms with van der Waals surface area (Å²) in [5, 5.41) is 9.48. The maximum Gasteiger partial charge on any atom is 0.258 e. The number of hydrogen-bond donors (Lipinski definition) is 1. The first kappa shape index (κ1) is 17.7. The van der Waals surface area contributed by atoms with Gasteiger partial charge in [0.25, 0.3) is 5.91 Å². The molecule has 0 saturated heterocycles. The number of nitrogens with zero attached hydrogens (tertiary/aromatic N) is 3. The number of para-hydroxylation sites is 1. The first-order valence-corrected chi connectivity index (χ1v) is 9.64. The van der Waals surface area contributed by atoms with E-state index in [0.717, 1.165) is 33.0 Å². The van der Waals surface area contributed by atoms with Gasteiger partial charge < -0.3 is 5.32 Å². The van der Waals surface area contributed by atoms with Crippen molar-refractivity contribution in [2.24, 2.45) is 5.92 Å². The number of anilines is 1. The molecule has 0 aliphatic carbocycles. The number of carbonyl (C=O) groups is 1. The summed E-state index contributed by atoms with van der Waals surface area (Å²) in [6.07, 6.45) is 0. The molecule has 0 spiro atoms. The molecule has 0 bridgehead atoms. The summed E-state index contributed by atoms with van der Waals surface area (Å²) in [4.78, 5) is 17.6. The number of carbonyl (C=O) groups excluding carboxylic acids is 1. The molecule has 2 aromatic carbocycles. The van der Waals surface area contributed by atoms with Crippen molar-refractivity contribution in [3.63, 3.8) is 0 Å². The van der Waals surface area contributed by atoms with Gasteiger partial charge in [-0.15, -0.1) is 0 Å². The van der Waals surface area contributed by atoms with Gasteiger partial charge in [-0.25, -0.2) is 9.67 Å². The summed E-state index contributed by atoms with van der Waals surface area (Å²) in [5.41, 5.74) is 2.27. The van der Waals surface area contributed by atoms with Crippen molar-refractivity contribution < 1.29 is 4.79 Å². The zero-order chi connectivity index (χ0) is 19.0. The Morgan fingerprint density at radius 2 is 1.89 bits per heavy atom. The SMILES string of the molecule is CC(C)Cn1nc(NC(=O)c2ccccc2Br)c2cc3ccccc3nc21. The Balaban J connectivity index is 1.83. The average Bonchev–Trinajstić information content (AvgIpc) is 2.96. The van der Waals surface area contributed by atoms with Crippen molar-refractivity contribution in [3.05, 3.63) is 64.6 Å². The van der Waals surface area contributed by atoms with E-state index in [0.29, 0.717) is 17.3 Å².